The van der Waals surface area contributed by atoms with E-state index in [9.17, 15) is 9.18 Å². The number of thioether (sulfide) groups is 1. The summed E-state index contributed by atoms with van der Waals surface area (Å²) in [5, 5.41) is 10.9. The van der Waals surface area contributed by atoms with Gasteiger partial charge in [0.05, 0.1) is 11.5 Å². The minimum atomic E-state index is -0.312. The number of amides is 1. The maximum atomic E-state index is 13.0. The van der Waals surface area contributed by atoms with Crippen LogP contribution in [0.25, 0.3) is 11.3 Å². The molecule has 1 aliphatic rings. The molecule has 28 heavy (non-hydrogen) atoms. The van der Waals surface area contributed by atoms with Crippen molar-refractivity contribution in [3.63, 3.8) is 0 Å². The van der Waals surface area contributed by atoms with E-state index in [0.29, 0.717) is 17.3 Å². The average Bonchev–Trinajstić information content (AvgIpc) is 3.31. The predicted molar refractivity (Wildman–Crippen MR) is 109 cm³/mol. The Balaban J connectivity index is 1.38. The Morgan fingerprint density at radius 3 is 2.64 bits per heavy atom. The highest BCUT2D eigenvalue weighted by Crippen LogP contribution is 2.24. The zero-order valence-electron chi connectivity index (χ0n) is 14.7. The summed E-state index contributed by atoms with van der Waals surface area (Å²) in [5.41, 5.74) is 1.87. The number of carbonyl (C=O) groups is 1. The van der Waals surface area contributed by atoms with Gasteiger partial charge in [-0.1, -0.05) is 54.2 Å². The number of carbonyl (C=O) groups excluding carboxylic acids is 1. The Labute approximate surface area is 165 Å². The van der Waals surface area contributed by atoms with Gasteiger partial charge in [-0.15, -0.1) is 5.10 Å². The van der Waals surface area contributed by atoms with Gasteiger partial charge in [0.1, 0.15) is 17.3 Å². The fraction of sp³-hybridized carbons (Fsp3) is 0.0952. The van der Waals surface area contributed by atoms with Crippen LogP contribution < -0.4 is 5.32 Å². The molecule has 2 aromatic carbocycles. The second kappa shape index (κ2) is 8.22. The van der Waals surface area contributed by atoms with Crippen LogP contribution in [0.1, 0.15) is 11.3 Å². The summed E-state index contributed by atoms with van der Waals surface area (Å²) in [4.78, 5) is 12.1. The Kier molecular flexibility index (Phi) is 5.34. The van der Waals surface area contributed by atoms with Gasteiger partial charge in [-0.05, 0) is 36.2 Å². The highest BCUT2D eigenvalue weighted by molar-refractivity contribution is 8.15. The van der Waals surface area contributed by atoms with E-state index >= 15 is 0 Å². The van der Waals surface area contributed by atoms with E-state index in [4.69, 9.17) is 4.42 Å². The number of nitrogens with zero attached hydrogens (tertiary/aromatic N) is 2. The molecule has 1 fully saturated rings. The summed E-state index contributed by atoms with van der Waals surface area (Å²) in [6.45, 7) is 0. The summed E-state index contributed by atoms with van der Waals surface area (Å²) in [6.07, 6.45) is 2.00. The van der Waals surface area contributed by atoms with Crippen molar-refractivity contribution in [2.45, 2.75) is 11.7 Å². The molecule has 0 bridgehead atoms. The minimum absolute atomic E-state index is 0.132. The summed E-state index contributed by atoms with van der Waals surface area (Å²) in [6, 6.07) is 19.6. The Bertz CT molecular complexity index is 1030. The molecule has 7 heteroatoms. The van der Waals surface area contributed by atoms with Crippen molar-refractivity contribution in [3.05, 3.63) is 83.9 Å². The number of amidine groups is 1. The molecule has 1 aromatic heterocycles. The molecule has 140 valence electrons. The van der Waals surface area contributed by atoms with Crippen LogP contribution in [-0.2, 0) is 11.2 Å². The van der Waals surface area contributed by atoms with Crippen molar-refractivity contribution in [2.75, 3.05) is 0 Å². The second-order valence-electron chi connectivity index (χ2n) is 6.14. The molecule has 3 aromatic rings. The standard InChI is InChI=1S/C21H16FN3O2S/c22-16-8-6-14(7-9-16)12-19-20(26)24-21(28-19)25-23-13-17-10-11-18(27-17)15-4-2-1-3-5-15/h1-11,13,19H,12H2,(H,24,25,26). The van der Waals surface area contributed by atoms with E-state index in [2.05, 4.69) is 15.5 Å². The normalized spacial score (nSPS) is 18.1. The molecule has 5 nitrogen and oxygen atoms in total. The van der Waals surface area contributed by atoms with Gasteiger partial charge in [0.2, 0.25) is 5.91 Å². The van der Waals surface area contributed by atoms with E-state index in [-0.39, 0.29) is 17.0 Å². The molecule has 2 heterocycles. The smallest absolute Gasteiger partial charge is 0.239 e. The fourth-order valence-corrected chi connectivity index (χ4v) is 3.70. The highest BCUT2D eigenvalue weighted by atomic mass is 32.2. The van der Waals surface area contributed by atoms with Crippen molar-refractivity contribution in [2.24, 2.45) is 10.2 Å². The van der Waals surface area contributed by atoms with Crippen LogP contribution >= 0.6 is 11.8 Å². The van der Waals surface area contributed by atoms with Crippen LogP contribution in [0, 0.1) is 5.82 Å². The third-order valence-corrected chi connectivity index (χ3v) is 5.20. The van der Waals surface area contributed by atoms with Gasteiger partial charge >= 0.3 is 0 Å². The summed E-state index contributed by atoms with van der Waals surface area (Å²) in [7, 11) is 0. The lowest BCUT2D eigenvalue weighted by Crippen LogP contribution is -2.25. The zero-order valence-corrected chi connectivity index (χ0v) is 15.5. The molecule has 0 saturated carbocycles. The lowest BCUT2D eigenvalue weighted by molar-refractivity contribution is -0.118. The van der Waals surface area contributed by atoms with E-state index in [1.165, 1.54) is 30.1 Å². The molecule has 1 aliphatic heterocycles. The van der Waals surface area contributed by atoms with Gasteiger partial charge in [-0.2, -0.15) is 5.10 Å². The second-order valence-corrected chi connectivity index (χ2v) is 7.34. The van der Waals surface area contributed by atoms with Gasteiger partial charge in [0, 0.05) is 5.56 Å². The van der Waals surface area contributed by atoms with Crippen LogP contribution in [0.3, 0.4) is 0 Å². The Hall–Kier alpha value is -3.19. The predicted octanol–water partition coefficient (Wildman–Crippen LogP) is 4.25. The van der Waals surface area contributed by atoms with E-state index in [1.807, 2.05) is 42.5 Å². The molecule has 0 spiro atoms. The first-order chi connectivity index (χ1) is 13.7. The Morgan fingerprint density at radius 1 is 1.07 bits per heavy atom. The largest absolute Gasteiger partial charge is 0.455 e. The number of hydrogen-bond donors (Lipinski definition) is 1. The molecule has 0 radical (unpaired) electrons. The maximum Gasteiger partial charge on any atom is 0.239 e. The Morgan fingerprint density at radius 2 is 1.86 bits per heavy atom. The van der Waals surface area contributed by atoms with E-state index in [0.717, 1.165) is 16.9 Å². The quantitative estimate of drug-likeness (QED) is 0.521. The average molecular weight is 393 g/mol. The number of nitrogens with one attached hydrogen (secondary N) is 1. The molecule has 1 unspecified atom stereocenters. The lowest BCUT2D eigenvalue weighted by atomic mass is 10.1. The van der Waals surface area contributed by atoms with Gasteiger partial charge < -0.3 is 9.73 Å². The molecule has 0 aliphatic carbocycles. The van der Waals surface area contributed by atoms with Crippen molar-refractivity contribution < 1.29 is 13.6 Å². The molecule has 1 N–H and O–H groups in total. The zero-order chi connectivity index (χ0) is 19.3. The number of benzene rings is 2. The lowest BCUT2D eigenvalue weighted by Gasteiger charge is -2.04. The van der Waals surface area contributed by atoms with Gasteiger partial charge in [0.15, 0.2) is 5.17 Å². The number of rotatable bonds is 5. The summed E-state index contributed by atoms with van der Waals surface area (Å²) in [5.74, 6) is 0.892. The summed E-state index contributed by atoms with van der Waals surface area (Å²) >= 11 is 1.31. The number of halogens is 1. The van der Waals surface area contributed by atoms with E-state index in [1.54, 1.807) is 12.1 Å². The highest BCUT2D eigenvalue weighted by Gasteiger charge is 2.30. The van der Waals surface area contributed by atoms with Crippen LogP contribution in [-0.4, -0.2) is 22.5 Å². The fourth-order valence-electron chi connectivity index (χ4n) is 2.74. The first-order valence-corrected chi connectivity index (χ1v) is 9.53. The monoisotopic (exact) mass is 393 g/mol. The topological polar surface area (TPSA) is 67.0 Å². The van der Waals surface area contributed by atoms with Crippen LogP contribution in [0.15, 0.2) is 81.4 Å². The molecule has 1 saturated heterocycles. The molecular formula is C21H16FN3O2S. The van der Waals surface area contributed by atoms with Crippen molar-refractivity contribution in [1.29, 1.82) is 0 Å². The van der Waals surface area contributed by atoms with Crippen LogP contribution in [0.2, 0.25) is 0 Å². The van der Waals surface area contributed by atoms with Crippen molar-refractivity contribution in [1.82, 2.24) is 5.32 Å². The van der Waals surface area contributed by atoms with E-state index < -0.39 is 0 Å². The van der Waals surface area contributed by atoms with Crippen molar-refractivity contribution >= 4 is 29.1 Å². The van der Waals surface area contributed by atoms with Crippen molar-refractivity contribution in [3.8, 4) is 11.3 Å². The third kappa shape index (κ3) is 4.37. The molecule has 1 atom stereocenters. The SMILES string of the molecule is O=C1NC(=NN=Cc2ccc(-c3ccccc3)o2)SC1Cc1ccc(F)cc1. The number of furan rings is 1. The summed E-state index contributed by atoms with van der Waals surface area (Å²) < 4.78 is 18.7. The first kappa shape index (κ1) is 18.2. The van der Waals surface area contributed by atoms with Crippen LogP contribution in [0.5, 0.6) is 0 Å². The maximum absolute atomic E-state index is 13.0. The minimum Gasteiger partial charge on any atom is -0.455 e. The van der Waals surface area contributed by atoms with Gasteiger partial charge in [-0.3, -0.25) is 4.79 Å². The third-order valence-electron chi connectivity index (χ3n) is 4.13. The van der Waals surface area contributed by atoms with Crippen LogP contribution in [0.4, 0.5) is 4.39 Å². The number of hydrogen-bond acceptors (Lipinski definition) is 5. The molecule has 1 amide bonds. The first-order valence-electron chi connectivity index (χ1n) is 8.65. The molecular weight excluding hydrogens is 377 g/mol. The van der Waals surface area contributed by atoms with Gasteiger partial charge in [0.25, 0.3) is 0 Å². The van der Waals surface area contributed by atoms with Gasteiger partial charge in [-0.25, -0.2) is 4.39 Å². The molecule has 4 rings (SSSR count).